The van der Waals surface area contributed by atoms with E-state index in [1.165, 1.54) is 24.0 Å². The second kappa shape index (κ2) is 7.69. The van der Waals surface area contributed by atoms with E-state index >= 15 is 0 Å². The van der Waals surface area contributed by atoms with Gasteiger partial charge in [0, 0.05) is 12.1 Å². The normalized spacial score (nSPS) is 14.9. The minimum Gasteiger partial charge on any atom is -0.307 e. The molecule has 1 aromatic carbocycles. The van der Waals surface area contributed by atoms with Gasteiger partial charge in [-0.25, -0.2) is 0 Å². The fourth-order valence-electron chi connectivity index (χ4n) is 2.79. The zero-order chi connectivity index (χ0) is 14.4. The van der Waals surface area contributed by atoms with Crippen LogP contribution < -0.4 is 5.32 Å². The van der Waals surface area contributed by atoms with Gasteiger partial charge in [0.15, 0.2) is 0 Å². The molecule has 1 rings (SSSR count). The molecule has 0 bridgehead atoms. The first-order chi connectivity index (χ1) is 8.99. The molecule has 1 N–H and O–H groups in total. The molecule has 1 aromatic rings. The molecule has 0 fully saturated rings. The lowest BCUT2D eigenvalue weighted by molar-refractivity contribution is 0.330. The van der Waals surface area contributed by atoms with Crippen LogP contribution in [-0.4, -0.2) is 6.04 Å². The Labute approximate surface area is 119 Å². The van der Waals surface area contributed by atoms with Crippen LogP contribution in [0.25, 0.3) is 0 Å². The minimum atomic E-state index is 0.428. The summed E-state index contributed by atoms with van der Waals surface area (Å²) >= 11 is 0. The molecular weight excluding hydrogens is 230 g/mol. The molecule has 1 heteroatoms. The quantitative estimate of drug-likeness (QED) is 0.703. The minimum absolute atomic E-state index is 0.428. The number of hydrogen-bond acceptors (Lipinski definition) is 1. The van der Waals surface area contributed by atoms with Crippen molar-refractivity contribution in [3.63, 3.8) is 0 Å². The molecule has 1 nitrogen and oxygen atoms in total. The Morgan fingerprint density at radius 3 is 1.74 bits per heavy atom. The van der Waals surface area contributed by atoms with Gasteiger partial charge < -0.3 is 5.32 Å². The van der Waals surface area contributed by atoms with Crippen LogP contribution in [0.5, 0.6) is 0 Å². The molecule has 108 valence electrons. The largest absolute Gasteiger partial charge is 0.307 e. The maximum absolute atomic E-state index is 3.75. The van der Waals surface area contributed by atoms with Crippen LogP contribution in [0.3, 0.4) is 0 Å². The highest BCUT2D eigenvalue weighted by atomic mass is 14.9. The molecule has 0 aromatic heterocycles. The third-order valence-corrected chi connectivity index (χ3v) is 4.37. The third kappa shape index (κ3) is 4.65. The monoisotopic (exact) mass is 261 g/mol. The van der Waals surface area contributed by atoms with Crippen LogP contribution in [0.4, 0.5) is 0 Å². The first kappa shape index (κ1) is 16.2. The van der Waals surface area contributed by atoms with Crippen molar-refractivity contribution < 1.29 is 0 Å². The predicted molar refractivity (Wildman–Crippen MR) is 85.6 cm³/mol. The van der Waals surface area contributed by atoms with Crippen molar-refractivity contribution in [1.29, 1.82) is 0 Å². The van der Waals surface area contributed by atoms with Crippen LogP contribution in [0.1, 0.15) is 77.5 Å². The molecular formula is C18H31N. The molecule has 0 radical (unpaired) electrons. The van der Waals surface area contributed by atoms with Crippen molar-refractivity contribution >= 4 is 0 Å². The molecule has 0 aliphatic carbocycles. The van der Waals surface area contributed by atoms with E-state index in [1.54, 1.807) is 0 Å². The molecule has 0 aliphatic heterocycles. The number of nitrogens with one attached hydrogen (secondary N) is 1. The Hall–Kier alpha value is -0.820. The van der Waals surface area contributed by atoms with Crippen molar-refractivity contribution in [3.8, 4) is 0 Å². The zero-order valence-corrected chi connectivity index (χ0v) is 13.5. The smallest absolute Gasteiger partial charge is 0.0294 e. The molecule has 0 amide bonds. The highest BCUT2D eigenvalue weighted by Gasteiger charge is 2.16. The summed E-state index contributed by atoms with van der Waals surface area (Å²) in [6.45, 7) is 13.6. The van der Waals surface area contributed by atoms with Crippen molar-refractivity contribution in [3.05, 3.63) is 35.4 Å². The number of hydrogen-bond donors (Lipinski definition) is 1. The van der Waals surface area contributed by atoms with Crippen LogP contribution >= 0.6 is 0 Å². The van der Waals surface area contributed by atoms with E-state index in [0.29, 0.717) is 18.0 Å². The maximum atomic E-state index is 3.75. The summed E-state index contributed by atoms with van der Waals surface area (Å²) < 4.78 is 0. The molecule has 0 saturated carbocycles. The first-order valence-electron chi connectivity index (χ1n) is 7.85. The third-order valence-electron chi connectivity index (χ3n) is 4.37. The lowest BCUT2D eigenvalue weighted by Gasteiger charge is -2.26. The van der Waals surface area contributed by atoms with Crippen LogP contribution in [0, 0.1) is 5.92 Å². The number of rotatable bonds is 7. The topological polar surface area (TPSA) is 12.0 Å². The van der Waals surface area contributed by atoms with E-state index in [9.17, 15) is 0 Å². The van der Waals surface area contributed by atoms with E-state index in [1.807, 2.05) is 0 Å². The highest BCUT2D eigenvalue weighted by Crippen LogP contribution is 2.21. The van der Waals surface area contributed by atoms with Gasteiger partial charge in [-0.15, -0.1) is 0 Å². The maximum Gasteiger partial charge on any atom is 0.0294 e. The lowest BCUT2D eigenvalue weighted by atomic mass is 9.94. The summed E-state index contributed by atoms with van der Waals surface area (Å²) in [6.07, 6.45) is 2.51. The van der Waals surface area contributed by atoms with Crippen molar-refractivity contribution in [2.45, 2.75) is 72.4 Å². The van der Waals surface area contributed by atoms with Gasteiger partial charge in [-0.3, -0.25) is 0 Å². The average Bonchev–Trinajstić information content (AvgIpc) is 2.40. The lowest BCUT2D eigenvalue weighted by Crippen LogP contribution is -2.34. The molecule has 0 heterocycles. The van der Waals surface area contributed by atoms with Crippen LogP contribution in [0.2, 0.25) is 0 Å². The fourth-order valence-corrected chi connectivity index (χ4v) is 2.79. The van der Waals surface area contributed by atoms with E-state index in [-0.39, 0.29) is 0 Å². The Morgan fingerprint density at radius 1 is 0.842 bits per heavy atom. The molecule has 2 atom stereocenters. The molecule has 0 spiro atoms. The number of benzene rings is 1. The van der Waals surface area contributed by atoms with Gasteiger partial charge in [0.05, 0.1) is 0 Å². The molecule has 2 unspecified atom stereocenters. The Kier molecular flexibility index (Phi) is 6.57. The molecule has 0 saturated heterocycles. The highest BCUT2D eigenvalue weighted by molar-refractivity contribution is 5.26. The van der Waals surface area contributed by atoms with Gasteiger partial charge in [0.1, 0.15) is 0 Å². The van der Waals surface area contributed by atoms with Gasteiger partial charge in [0.25, 0.3) is 0 Å². The predicted octanol–water partition coefficient (Wildman–Crippen LogP) is 5.29. The second-order valence-corrected chi connectivity index (χ2v) is 6.07. The van der Waals surface area contributed by atoms with Crippen LogP contribution in [-0.2, 0) is 0 Å². The van der Waals surface area contributed by atoms with Crippen molar-refractivity contribution in [2.75, 3.05) is 0 Å². The Morgan fingerprint density at radius 2 is 1.32 bits per heavy atom. The van der Waals surface area contributed by atoms with Crippen molar-refractivity contribution in [2.24, 2.45) is 5.92 Å². The van der Waals surface area contributed by atoms with Gasteiger partial charge in [-0.1, -0.05) is 64.8 Å². The summed E-state index contributed by atoms with van der Waals surface area (Å²) in [4.78, 5) is 0. The fraction of sp³-hybridized carbons (Fsp3) is 0.667. The summed E-state index contributed by atoms with van der Waals surface area (Å²) in [5.41, 5.74) is 2.81. The average molecular weight is 261 g/mol. The summed E-state index contributed by atoms with van der Waals surface area (Å²) in [5.74, 6) is 1.39. The van der Waals surface area contributed by atoms with Gasteiger partial charge in [0.2, 0.25) is 0 Å². The van der Waals surface area contributed by atoms with E-state index < -0.39 is 0 Å². The van der Waals surface area contributed by atoms with Crippen LogP contribution in [0.15, 0.2) is 24.3 Å². The zero-order valence-electron chi connectivity index (χ0n) is 13.5. The van der Waals surface area contributed by atoms with Crippen molar-refractivity contribution in [1.82, 2.24) is 5.32 Å². The molecule has 19 heavy (non-hydrogen) atoms. The van der Waals surface area contributed by atoms with E-state index in [4.69, 9.17) is 0 Å². The Balaban J connectivity index is 2.64. The van der Waals surface area contributed by atoms with E-state index in [0.717, 1.165) is 5.92 Å². The van der Waals surface area contributed by atoms with Gasteiger partial charge in [-0.05, 0) is 36.8 Å². The Bertz CT molecular complexity index is 348. The van der Waals surface area contributed by atoms with Gasteiger partial charge >= 0.3 is 0 Å². The summed E-state index contributed by atoms with van der Waals surface area (Å²) in [7, 11) is 0. The molecule has 0 aliphatic rings. The first-order valence-corrected chi connectivity index (χ1v) is 7.85. The SMILES string of the molecule is CCC(CC)C(C)NC(C)c1ccc(C(C)C)cc1. The van der Waals surface area contributed by atoms with Gasteiger partial charge in [-0.2, -0.15) is 0 Å². The summed E-state index contributed by atoms with van der Waals surface area (Å²) in [5, 5.41) is 3.75. The standard InChI is InChI=1S/C18H31N/c1-7-16(8-2)14(5)19-15(6)18-11-9-17(10-12-18)13(3)4/h9-16,19H,7-8H2,1-6H3. The van der Waals surface area contributed by atoms with E-state index in [2.05, 4.69) is 71.1 Å². The second-order valence-electron chi connectivity index (χ2n) is 6.07. The summed E-state index contributed by atoms with van der Waals surface area (Å²) in [6, 6.07) is 10.1.